The van der Waals surface area contributed by atoms with Gasteiger partial charge >= 0.3 is 0 Å². The Bertz CT molecular complexity index is 520. The Morgan fingerprint density at radius 1 is 1.29 bits per heavy atom. The lowest BCUT2D eigenvalue weighted by Gasteiger charge is -2.16. The van der Waals surface area contributed by atoms with Crippen LogP contribution in [0.2, 0.25) is 10.0 Å². The van der Waals surface area contributed by atoms with Gasteiger partial charge in [-0.25, -0.2) is 13.1 Å². The molecule has 1 fully saturated rings. The third kappa shape index (κ3) is 2.58. The number of nitrogens with one attached hydrogen (secondary N) is 1. The van der Waals surface area contributed by atoms with E-state index in [0.717, 1.165) is 0 Å². The standard InChI is InChI=1S/C10H11Cl2NO3S/c11-7-2-1-3-8(12)9(7)17(15,16)13-10(6-14)4-5-10/h1-3,13-14H,4-6H2. The molecule has 4 nitrogen and oxygen atoms in total. The highest BCUT2D eigenvalue weighted by Crippen LogP contribution is 2.38. The molecule has 0 aliphatic heterocycles. The molecule has 0 atom stereocenters. The van der Waals surface area contributed by atoms with Crippen LogP contribution in [0.4, 0.5) is 0 Å². The average Bonchev–Trinajstić information content (AvgIpc) is 2.97. The van der Waals surface area contributed by atoms with Gasteiger partial charge in [0, 0.05) is 0 Å². The van der Waals surface area contributed by atoms with Crippen LogP contribution in [0.3, 0.4) is 0 Å². The van der Waals surface area contributed by atoms with Crippen LogP contribution in [0.1, 0.15) is 12.8 Å². The number of aliphatic hydroxyl groups excluding tert-OH is 1. The zero-order valence-corrected chi connectivity index (χ0v) is 11.1. The molecule has 1 aromatic carbocycles. The fourth-order valence-corrected chi connectivity index (χ4v) is 4.12. The van der Waals surface area contributed by atoms with Crippen LogP contribution in [-0.4, -0.2) is 25.7 Å². The molecule has 0 amide bonds. The maximum absolute atomic E-state index is 12.1. The SMILES string of the molecule is O=S(=O)(NC1(CO)CC1)c1c(Cl)cccc1Cl. The van der Waals surface area contributed by atoms with Gasteiger partial charge in [-0.15, -0.1) is 0 Å². The minimum Gasteiger partial charge on any atom is -0.394 e. The first-order chi connectivity index (χ1) is 7.90. The van der Waals surface area contributed by atoms with Gasteiger partial charge in [0.15, 0.2) is 0 Å². The topological polar surface area (TPSA) is 66.4 Å². The summed E-state index contributed by atoms with van der Waals surface area (Å²) in [6.45, 7) is -0.228. The molecular weight excluding hydrogens is 285 g/mol. The molecule has 0 radical (unpaired) electrons. The zero-order valence-electron chi connectivity index (χ0n) is 8.78. The fraction of sp³-hybridized carbons (Fsp3) is 0.400. The fourth-order valence-electron chi connectivity index (χ4n) is 1.52. The van der Waals surface area contributed by atoms with Crippen LogP contribution < -0.4 is 4.72 Å². The maximum atomic E-state index is 12.1. The molecule has 1 saturated carbocycles. The van der Waals surface area contributed by atoms with Crippen LogP contribution in [0.5, 0.6) is 0 Å². The van der Waals surface area contributed by atoms with E-state index in [1.54, 1.807) is 6.07 Å². The minimum absolute atomic E-state index is 0.0683. The Kier molecular flexibility index (Phi) is 3.40. The molecule has 0 heterocycles. The molecule has 7 heteroatoms. The predicted molar refractivity (Wildman–Crippen MR) is 65.8 cm³/mol. The van der Waals surface area contributed by atoms with Gasteiger partial charge in [-0.05, 0) is 25.0 Å². The third-order valence-electron chi connectivity index (χ3n) is 2.69. The van der Waals surface area contributed by atoms with Gasteiger partial charge in [0.2, 0.25) is 10.0 Å². The summed E-state index contributed by atoms with van der Waals surface area (Å²) < 4.78 is 26.6. The Labute approximate surface area is 110 Å². The van der Waals surface area contributed by atoms with Crippen molar-refractivity contribution in [3.05, 3.63) is 28.2 Å². The van der Waals surface area contributed by atoms with E-state index in [1.807, 2.05) is 0 Å². The van der Waals surface area contributed by atoms with E-state index in [0.29, 0.717) is 12.8 Å². The van der Waals surface area contributed by atoms with Crippen LogP contribution >= 0.6 is 23.2 Å². The van der Waals surface area contributed by atoms with Crippen molar-refractivity contribution in [2.24, 2.45) is 0 Å². The van der Waals surface area contributed by atoms with Crippen LogP contribution in [0.25, 0.3) is 0 Å². The van der Waals surface area contributed by atoms with Gasteiger partial charge in [0.1, 0.15) is 4.90 Å². The number of benzene rings is 1. The number of halogens is 2. The first-order valence-electron chi connectivity index (χ1n) is 4.99. The Morgan fingerprint density at radius 3 is 2.24 bits per heavy atom. The Hall–Kier alpha value is -0.330. The van der Waals surface area contributed by atoms with E-state index < -0.39 is 15.6 Å². The van der Waals surface area contributed by atoms with Crippen LogP contribution in [0, 0.1) is 0 Å². The largest absolute Gasteiger partial charge is 0.394 e. The van der Waals surface area contributed by atoms with E-state index in [2.05, 4.69) is 4.72 Å². The Morgan fingerprint density at radius 2 is 1.82 bits per heavy atom. The normalized spacial score (nSPS) is 18.1. The zero-order chi connectivity index (χ0) is 12.7. The van der Waals surface area contributed by atoms with Gasteiger partial charge in [0.25, 0.3) is 0 Å². The number of aliphatic hydroxyl groups is 1. The number of rotatable bonds is 4. The van der Waals surface area contributed by atoms with Gasteiger partial charge in [-0.2, -0.15) is 0 Å². The Balaban J connectivity index is 2.39. The molecule has 94 valence electrons. The first-order valence-corrected chi connectivity index (χ1v) is 7.23. The highest BCUT2D eigenvalue weighted by atomic mass is 35.5. The van der Waals surface area contributed by atoms with Crippen molar-refractivity contribution < 1.29 is 13.5 Å². The summed E-state index contributed by atoms with van der Waals surface area (Å²) in [4.78, 5) is -0.136. The molecule has 0 aromatic heterocycles. The second-order valence-corrected chi connectivity index (χ2v) is 6.53. The van der Waals surface area contributed by atoms with Gasteiger partial charge in [0.05, 0.1) is 22.2 Å². The van der Waals surface area contributed by atoms with Crippen molar-refractivity contribution in [2.75, 3.05) is 6.61 Å². The third-order valence-corrected chi connectivity index (χ3v) is 5.23. The molecule has 1 aliphatic carbocycles. The van der Waals surface area contributed by atoms with E-state index in [1.165, 1.54) is 12.1 Å². The molecule has 2 N–H and O–H groups in total. The van der Waals surface area contributed by atoms with Crippen molar-refractivity contribution in [1.82, 2.24) is 4.72 Å². The number of sulfonamides is 1. The quantitative estimate of drug-likeness (QED) is 0.890. The van der Waals surface area contributed by atoms with Gasteiger partial charge < -0.3 is 5.11 Å². The molecule has 1 aromatic rings. The molecule has 0 bridgehead atoms. The van der Waals surface area contributed by atoms with Crippen molar-refractivity contribution in [3.8, 4) is 0 Å². The van der Waals surface area contributed by atoms with Gasteiger partial charge in [-0.3, -0.25) is 0 Å². The first kappa shape index (κ1) is 13.1. The maximum Gasteiger partial charge on any atom is 0.244 e. The predicted octanol–water partition coefficient (Wildman–Crippen LogP) is 1.80. The summed E-state index contributed by atoms with van der Waals surface area (Å²) in [5.41, 5.74) is -0.735. The van der Waals surface area contributed by atoms with Crippen LogP contribution in [-0.2, 0) is 10.0 Å². The monoisotopic (exact) mass is 295 g/mol. The average molecular weight is 296 g/mol. The molecular formula is C10H11Cl2NO3S. The molecule has 0 unspecified atom stereocenters. The van der Waals surface area contributed by atoms with Crippen LogP contribution in [0.15, 0.2) is 23.1 Å². The minimum atomic E-state index is -3.80. The van der Waals surface area contributed by atoms with Crippen molar-refractivity contribution >= 4 is 33.2 Å². The highest BCUT2D eigenvalue weighted by molar-refractivity contribution is 7.89. The van der Waals surface area contributed by atoms with E-state index in [-0.39, 0.29) is 21.5 Å². The summed E-state index contributed by atoms with van der Waals surface area (Å²) in [6.07, 6.45) is 1.23. The van der Waals surface area contributed by atoms with Crippen molar-refractivity contribution in [1.29, 1.82) is 0 Å². The molecule has 1 aliphatic rings. The van der Waals surface area contributed by atoms with Gasteiger partial charge in [-0.1, -0.05) is 29.3 Å². The van der Waals surface area contributed by atoms with E-state index >= 15 is 0 Å². The number of hydrogen-bond donors (Lipinski definition) is 2. The van der Waals surface area contributed by atoms with Crippen molar-refractivity contribution in [3.63, 3.8) is 0 Å². The molecule has 2 rings (SSSR count). The summed E-state index contributed by atoms with van der Waals surface area (Å²) in [6, 6.07) is 4.49. The lowest BCUT2D eigenvalue weighted by molar-refractivity contribution is 0.246. The summed E-state index contributed by atoms with van der Waals surface area (Å²) in [7, 11) is -3.80. The second-order valence-electron chi connectivity index (χ2n) is 4.09. The lowest BCUT2D eigenvalue weighted by atomic mass is 10.3. The second kappa shape index (κ2) is 4.40. The lowest BCUT2D eigenvalue weighted by Crippen LogP contribution is -2.39. The number of hydrogen-bond acceptors (Lipinski definition) is 3. The van der Waals surface area contributed by atoms with E-state index in [4.69, 9.17) is 28.3 Å². The summed E-state index contributed by atoms with van der Waals surface area (Å²) in [5, 5.41) is 9.25. The summed E-state index contributed by atoms with van der Waals surface area (Å²) in [5.74, 6) is 0. The molecule has 0 saturated heterocycles. The highest BCUT2D eigenvalue weighted by Gasteiger charge is 2.46. The van der Waals surface area contributed by atoms with Crippen molar-refractivity contribution in [2.45, 2.75) is 23.3 Å². The summed E-state index contributed by atoms with van der Waals surface area (Å²) >= 11 is 11.7. The molecule has 17 heavy (non-hydrogen) atoms. The molecule has 0 spiro atoms. The smallest absolute Gasteiger partial charge is 0.244 e. The van der Waals surface area contributed by atoms with E-state index in [9.17, 15) is 8.42 Å².